The van der Waals surface area contributed by atoms with E-state index in [0.717, 1.165) is 46.1 Å². The highest BCUT2D eigenvalue weighted by molar-refractivity contribution is 7.20. The Morgan fingerprint density at radius 2 is 1.92 bits per heavy atom. The number of carbonyl (C=O) groups is 1. The molecule has 2 aromatic heterocycles. The molecule has 1 atom stereocenters. The van der Waals surface area contributed by atoms with Gasteiger partial charge in [-0.3, -0.25) is 4.79 Å². The summed E-state index contributed by atoms with van der Waals surface area (Å²) in [6.45, 7) is 10.0. The van der Waals surface area contributed by atoms with Gasteiger partial charge in [0.15, 0.2) is 6.29 Å². The molecule has 2 aromatic rings. The summed E-state index contributed by atoms with van der Waals surface area (Å²) >= 11 is 1.50. The zero-order chi connectivity index (χ0) is 20.1. The van der Waals surface area contributed by atoms with Gasteiger partial charge in [-0.1, -0.05) is 27.7 Å². The van der Waals surface area contributed by atoms with Gasteiger partial charge < -0.3 is 5.32 Å². The molecule has 0 radical (unpaired) electrons. The first kappa shape index (κ1) is 24.2. The van der Waals surface area contributed by atoms with Gasteiger partial charge in [0, 0.05) is 18.0 Å². The van der Waals surface area contributed by atoms with E-state index < -0.39 is 0 Å². The number of thiophene rings is 1. The van der Waals surface area contributed by atoms with Crippen LogP contribution in [-0.4, -0.2) is 25.4 Å². The number of nitriles is 1. The Labute approximate surface area is 162 Å². The van der Waals surface area contributed by atoms with E-state index in [1.165, 1.54) is 35.9 Å². The summed E-state index contributed by atoms with van der Waals surface area (Å²) in [5, 5.41) is 11.2. The average Bonchev–Trinajstić information content (AvgIpc) is 3.04. The number of nitrogens with zero attached hydrogens (tertiary/aromatic N) is 2. The molecule has 144 valence electrons. The van der Waals surface area contributed by atoms with Gasteiger partial charge in [0.2, 0.25) is 0 Å². The standard InChI is InChI=1S/C15H17NOS.C2H7N.C2H3N.C2H6/c1-9(2)10-3-4-14-11(5-10)6-12-7-13(8-17)18-15(12)16-14;1-3-2;1-2-3;1-2/h6-10H,3-5H2,1-2H3;3H,1-2H3;1H3;1-2H3. The summed E-state index contributed by atoms with van der Waals surface area (Å²) in [6, 6.07) is 5.95. The fourth-order valence-electron chi connectivity index (χ4n) is 2.80. The van der Waals surface area contributed by atoms with E-state index in [1.807, 2.05) is 34.0 Å². The number of aromatic nitrogens is 1. The van der Waals surface area contributed by atoms with Crippen LogP contribution in [0.15, 0.2) is 12.1 Å². The monoisotopic (exact) mass is 375 g/mol. The maximum absolute atomic E-state index is 10.8. The molecule has 0 saturated carbocycles. The second-order valence-electron chi connectivity index (χ2n) is 6.23. The predicted octanol–water partition coefficient (Wildman–Crippen LogP) is 5.26. The molecule has 26 heavy (non-hydrogen) atoms. The summed E-state index contributed by atoms with van der Waals surface area (Å²) in [4.78, 5) is 17.4. The van der Waals surface area contributed by atoms with Crippen LogP contribution < -0.4 is 5.32 Å². The highest BCUT2D eigenvalue weighted by atomic mass is 32.1. The molecule has 0 amide bonds. The van der Waals surface area contributed by atoms with Crippen molar-refractivity contribution in [3.63, 3.8) is 0 Å². The molecule has 0 aromatic carbocycles. The second kappa shape index (κ2) is 13.4. The minimum atomic E-state index is 0.738. The van der Waals surface area contributed by atoms with Crippen molar-refractivity contribution >= 4 is 27.8 Å². The molecule has 0 fully saturated rings. The third-order valence-corrected chi connectivity index (χ3v) is 4.96. The molecule has 3 rings (SSSR count). The number of aldehydes is 1. The number of rotatable bonds is 2. The van der Waals surface area contributed by atoms with Crippen LogP contribution >= 0.6 is 11.3 Å². The molecule has 0 aliphatic heterocycles. The van der Waals surface area contributed by atoms with Gasteiger partial charge in [0.1, 0.15) is 4.83 Å². The molecule has 0 spiro atoms. The van der Waals surface area contributed by atoms with Crippen LogP contribution in [0.2, 0.25) is 0 Å². The van der Waals surface area contributed by atoms with E-state index in [-0.39, 0.29) is 0 Å². The molecular weight excluding hydrogens is 342 g/mol. The molecule has 1 unspecified atom stereocenters. The number of nitrogens with one attached hydrogen (secondary N) is 1. The maximum atomic E-state index is 10.8. The van der Waals surface area contributed by atoms with Gasteiger partial charge in [-0.25, -0.2) is 4.98 Å². The van der Waals surface area contributed by atoms with E-state index in [2.05, 4.69) is 25.2 Å². The van der Waals surface area contributed by atoms with Gasteiger partial charge >= 0.3 is 0 Å². The minimum absolute atomic E-state index is 0.738. The highest BCUT2D eigenvalue weighted by Gasteiger charge is 2.22. The van der Waals surface area contributed by atoms with E-state index >= 15 is 0 Å². The van der Waals surface area contributed by atoms with Crippen molar-refractivity contribution in [3.05, 3.63) is 28.3 Å². The van der Waals surface area contributed by atoms with Crippen LogP contribution in [0.5, 0.6) is 0 Å². The second-order valence-corrected chi connectivity index (χ2v) is 7.29. The summed E-state index contributed by atoms with van der Waals surface area (Å²) in [7, 11) is 3.75. The largest absolute Gasteiger partial charge is 0.323 e. The van der Waals surface area contributed by atoms with Gasteiger partial charge in [-0.2, -0.15) is 5.26 Å². The molecule has 1 aliphatic rings. The Balaban J connectivity index is 0.000000679. The first-order chi connectivity index (χ1) is 12.5. The van der Waals surface area contributed by atoms with Crippen LogP contribution in [0.25, 0.3) is 10.2 Å². The lowest BCUT2D eigenvalue weighted by atomic mass is 9.80. The third kappa shape index (κ3) is 7.23. The Kier molecular flexibility index (Phi) is 12.5. The number of hydrogen-bond acceptors (Lipinski definition) is 5. The van der Waals surface area contributed by atoms with Crippen molar-refractivity contribution in [2.45, 2.75) is 53.9 Å². The number of carbonyl (C=O) groups excluding carboxylic acids is 1. The number of fused-ring (bicyclic) bond motifs is 2. The Morgan fingerprint density at radius 1 is 1.35 bits per heavy atom. The summed E-state index contributed by atoms with van der Waals surface area (Å²) in [6.07, 6.45) is 4.39. The Morgan fingerprint density at radius 3 is 2.42 bits per heavy atom. The normalized spacial score (nSPS) is 14.5. The molecule has 1 N–H and O–H groups in total. The van der Waals surface area contributed by atoms with E-state index in [1.54, 1.807) is 6.07 Å². The zero-order valence-electron chi connectivity index (χ0n) is 17.2. The van der Waals surface area contributed by atoms with Crippen LogP contribution in [0.1, 0.15) is 62.0 Å². The molecular formula is C21H33N3OS. The predicted molar refractivity (Wildman–Crippen MR) is 113 cm³/mol. The smallest absolute Gasteiger partial charge is 0.160 e. The first-order valence-corrected chi connectivity index (χ1v) is 10.1. The third-order valence-electron chi connectivity index (χ3n) is 3.99. The summed E-state index contributed by atoms with van der Waals surface area (Å²) in [5.74, 6) is 1.52. The molecule has 2 heterocycles. The first-order valence-electron chi connectivity index (χ1n) is 9.27. The van der Waals surface area contributed by atoms with Crippen molar-refractivity contribution < 1.29 is 4.79 Å². The van der Waals surface area contributed by atoms with Crippen molar-refractivity contribution in [2.24, 2.45) is 11.8 Å². The van der Waals surface area contributed by atoms with Gasteiger partial charge in [0.25, 0.3) is 0 Å². The lowest BCUT2D eigenvalue weighted by Crippen LogP contribution is -2.19. The molecule has 0 bridgehead atoms. The molecule has 1 aliphatic carbocycles. The van der Waals surface area contributed by atoms with Crippen molar-refractivity contribution in [1.29, 1.82) is 5.26 Å². The van der Waals surface area contributed by atoms with E-state index in [4.69, 9.17) is 10.2 Å². The molecule has 5 heteroatoms. The van der Waals surface area contributed by atoms with Crippen LogP contribution in [0.4, 0.5) is 0 Å². The quantitative estimate of drug-likeness (QED) is 0.727. The fraction of sp³-hybridized carbons (Fsp3) is 0.571. The summed E-state index contributed by atoms with van der Waals surface area (Å²) < 4.78 is 0. The Bertz CT molecular complexity index is 701. The minimum Gasteiger partial charge on any atom is -0.323 e. The molecule has 4 nitrogen and oxygen atoms in total. The van der Waals surface area contributed by atoms with Crippen LogP contribution in [0.3, 0.4) is 0 Å². The lowest BCUT2D eigenvalue weighted by Gasteiger charge is -2.26. The van der Waals surface area contributed by atoms with Crippen molar-refractivity contribution in [3.8, 4) is 6.07 Å². The fourth-order valence-corrected chi connectivity index (χ4v) is 3.65. The Hall–Kier alpha value is -1.77. The average molecular weight is 376 g/mol. The van der Waals surface area contributed by atoms with Gasteiger partial charge in [-0.15, -0.1) is 11.3 Å². The molecule has 0 saturated heterocycles. The number of hydrogen-bond donors (Lipinski definition) is 1. The van der Waals surface area contributed by atoms with Gasteiger partial charge in [0.05, 0.1) is 10.9 Å². The van der Waals surface area contributed by atoms with Crippen molar-refractivity contribution in [1.82, 2.24) is 10.3 Å². The van der Waals surface area contributed by atoms with Gasteiger partial charge in [-0.05, 0) is 62.9 Å². The van der Waals surface area contributed by atoms with Crippen LogP contribution in [0, 0.1) is 23.2 Å². The lowest BCUT2D eigenvalue weighted by molar-refractivity contribution is 0.112. The number of aryl methyl sites for hydroxylation is 1. The summed E-state index contributed by atoms with van der Waals surface area (Å²) in [5.41, 5.74) is 2.64. The highest BCUT2D eigenvalue weighted by Crippen LogP contribution is 2.33. The van der Waals surface area contributed by atoms with E-state index in [0.29, 0.717) is 0 Å². The van der Waals surface area contributed by atoms with Crippen molar-refractivity contribution in [2.75, 3.05) is 14.1 Å². The number of pyridine rings is 1. The van der Waals surface area contributed by atoms with E-state index in [9.17, 15) is 4.79 Å². The maximum Gasteiger partial charge on any atom is 0.160 e. The topological polar surface area (TPSA) is 65.8 Å². The van der Waals surface area contributed by atoms with Crippen LogP contribution in [-0.2, 0) is 12.8 Å². The zero-order valence-corrected chi connectivity index (χ0v) is 18.0. The SMILES string of the molecule is CC.CC#N.CC(C)C1CCc2nc3sc(C=O)cc3cc2C1.CNC.